The molecule has 0 fully saturated rings. The molecule has 0 aliphatic heterocycles. The number of benzene rings is 1. The summed E-state index contributed by atoms with van der Waals surface area (Å²) in [5.41, 5.74) is 7.19. The molecule has 2 N–H and O–H groups in total. The summed E-state index contributed by atoms with van der Waals surface area (Å²) in [7, 11) is 0. The first-order valence-corrected chi connectivity index (χ1v) is 7.72. The molecule has 1 rings (SSSR count). The average molecular weight is 276 g/mol. The van der Waals surface area contributed by atoms with E-state index in [0.717, 1.165) is 32.2 Å². The Labute approximate surface area is 123 Å². The fourth-order valence-electron chi connectivity index (χ4n) is 2.38. The molecule has 2 unspecified atom stereocenters. The molecule has 1 amide bonds. The molecule has 3 nitrogen and oxygen atoms in total. The van der Waals surface area contributed by atoms with Crippen molar-refractivity contribution >= 4 is 5.91 Å². The molecule has 0 heterocycles. The smallest absolute Gasteiger partial charge is 0.239 e. The lowest BCUT2D eigenvalue weighted by atomic mass is 10.0. The van der Waals surface area contributed by atoms with E-state index in [2.05, 4.69) is 32.9 Å². The summed E-state index contributed by atoms with van der Waals surface area (Å²) in [4.78, 5) is 14.5. The molecule has 0 aromatic heterocycles. The van der Waals surface area contributed by atoms with Gasteiger partial charge >= 0.3 is 0 Å². The third-order valence-electron chi connectivity index (χ3n) is 3.70. The van der Waals surface area contributed by atoms with E-state index in [1.165, 1.54) is 5.56 Å². The highest BCUT2D eigenvalue weighted by Crippen LogP contribution is 2.21. The lowest BCUT2D eigenvalue weighted by molar-refractivity contribution is -0.135. The zero-order valence-electron chi connectivity index (χ0n) is 13.0. The highest BCUT2D eigenvalue weighted by Gasteiger charge is 2.25. The number of hydrogen-bond donors (Lipinski definition) is 1. The van der Waals surface area contributed by atoms with Gasteiger partial charge in [0.15, 0.2) is 0 Å². The minimum absolute atomic E-state index is 0.0802. The molecule has 0 spiro atoms. The number of unbranched alkanes of at least 4 members (excludes halogenated alkanes) is 1. The van der Waals surface area contributed by atoms with Gasteiger partial charge in [0.25, 0.3) is 0 Å². The Morgan fingerprint density at radius 3 is 2.40 bits per heavy atom. The Bertz CT molecular complexity index is 391. The maximum Gasteiger partial charge on any atom is 0.239 e. The largest absolute Gasteiger partial charge is 0.335 e. The predicted octanol–water partition coefficient (Wildman–Crippen LogP) is 3.50. The molecular formula is C17H28N2O. The van der Waals surface area contributed by atoms with Crippen molar-refractivity contribution in [2.24, 2.45) is 5.73 Å². The monoisotopic (exact) mass is 276 g/mol. The van der Waals surface area contributed by atoms with Crippen LogP contribution in [0.25, 0.3) is 0 Å². The molecule has 2 atom stereocenters. The second-order valence-corrected chi connectivity index (χ2v) is 5.37. The summed E-state index contributed by atoms with van der Waals surface area (Å²) >= 11 is 0. The van der Waals surface area contributed by atoms with Crippen LogP contribution in [-0.4, -0.2) is 23.4 Å². The van der Waals surface area contributed by atoms with Gasteiger partial charge in [-0.2, -0.15) is 0 Å². The van der Waals surface area contributed by atoms with E-state index in [0.29, 0.717) is 0 Å². The highest BCUT2D eigenvalue weighted by atomic mass is 16.2. The molecule has 0 aliphatic rings. The van der Waals surface area contributed by atoms with Gasteiger partial charge in [0, 0.05) is 6.54 Å². The molecule has 0 bridgehead atoms. The molecule has 0 aliphatic carbocycles. The van der Waals surface area contributed by atoms with Crippen molar-refractivity contribution in [3.8, 4) is 0 Å². The third kappa shape index (κ3) is 4.64. The van der Waals surface area contributed by atoms with Gasteiger partial charge in [0.1, 0.15) is 0 Å². The standard InChI is InChI=1S/C17H28N2O/c1-4-6-13-19(17(20)16(18)10-5-2)14(3)15-11-8-7-9-12-15/h7-9,11-12,14,16H,4-6,10,13,18H2,1-3H3. The molecule has 0 saturated heterocycles. The van der Waals surface area contributed by atoms with Crippen LogP contribution in [0.15, 0.2) is 30.3 Å². The first-order valence-electron chi connectivity index (χ1n) is 7.72. The molecule has 1 aromatic rings. The van der Waals surface area contributed by atoms with Crippen LogP contribution >= 0.6 is 0 Å². The van der Waals surface area contributed by atoms with Gasteiger partial charge in [-0.25, -0.2) is 0 Å². The van der Waals surface area contributed by atoms with Gasteiger partial charge < -0.3 is 10.6 Å². The quantitative estimate of drug-likeness (QED) is 0.790. The van der Waals surface area contributed by atoms with Crippen LogP contribution in [0, 0.1) is 0 Å². The van der Waals surface area contributed by atoms with E-state index in [1.807, 2.05) is 23.1 Å². The normalized spacial score (nSPS) is 13.8. The zero-order valence-corrected chi connectivity index (χ0v) is 13.0. The lowest BCUT2D eigenvalue weighted by Crippen LogP contribution is -2.45. The third-order valence-corrected chi connectivity index (χ3v) is 3.70. The van der Waals surface area contributed by atoms with Crippen molar-refractivity contribution in [3.63, 3.8) is 0 Å². The Hall–Kier alpha value is -1.35. The first kappa shape index (κ1) is 16.7. The second-order valence-electron chi connectivity index (χ2n) is 5.37. The van der Waals surface area contributed by atoms with Crippen molar-refractivity contribution in [1.29, 1.82) is 0 Å². The van der Waals surface area contributed by atoms with Gasteiger partial charge in [-0.1, -0.05) is 57.0 Å². The van der Waals surface area contributed by atoms with Gasteiger partial charge in [-0.3, -0.25) is 4.79 Å². The van der Waals surface area contributed by atoms with E-state index >= 15 is 0 Å². The summed E-state index contributed by atoms with van der Waals surface area (Å²) in [6.07, 6.45) is 3.78. The zero-order chi connectivity index (χ0) is 15.0. The lowest BCUT2D eigenvalue weighted by Gasteiger charge is -2.32. The minimum Gasteiger partial charge on any atom is -0.335 e. The summed E-state index contributed by atoms with van der Waals surface area (Å²) in [6.45, 7) is 7.07. The number of carbonyl (C=O) groups excluding carboxylic acids is 1. The van der Waals surface area contributed by atoms with Gasteiger partial charge in [0.2, 0.25) is 5.91 Å². The van der Waals surface area contributed by atoms with Crippen molar-refractivity contribution < 1.29 is 4.79 Å². The molecular weight excluding hydrogens is 248 g/mol. The van der Waals surface area contributed by atoms with Crippen molar-refractivity contribution in [2.45, 2.75) is 58.5 Å². The molecule has 1 aromatic carbocycles. The van der Waals surface area contributed by atoms with Gasteiger partial charge in [-0.05, 0) is 25.3 Å². The van der Waals surface area contributed by atoms with Crippen LogP contribution in [0.3, 0.4) is 0 Å². The Balaban J connectivity index is 2.85. The molecule has 112 valence electrons. The summed E-state index contributed by atoms with van der Waals surface area (Å²) in [5, 5.41) is 0. The van der Waals surface area contributed by atoms with Crippen molar-refractivity contribution in [2.75, 3.05) is 6.54 Å². The Morgan fingerprint density at radius 2 is 1.85 bits per heavy atom. The van der Waals surface area contributed by atoms with E-state index < -0.39 is 0 Å². The fraction of sp³-hybridized carbons (Fsp3) is 0.588. The Morgan fingerprint density at radius 1 is 1.20 bits per heavy atom. The summed E-state index contributed by atoms with van der Waals surface area (Å²) in [6, 6.07) is 9.88. The van der Waals surface area contributed by atoms with Crippen LogP contribution in [0.5, 0.6) is 0 Å². The predicted molar refractivity (Wildman–Crippen MR) is 84.4 cm³/mol. The van der Waals surface area contributed by atoms with E-state index in [9.17, 15) is 4.79 Å². The van der Waals surface area contributed by atoms with Crippen LogP contribution in [0.1, 0.15) is 58.1 Å². The van der Waals surface area contributed by atoms with Crippen LogP contribution in [0.2, 0.25) is 0 Å². The van der Waals surface area contributed by atoms with Crippen LogP contribution in [-0.2, 0) is 4.79 Å². The molecule has 0 saturated carbocycles. The van der Waals surface area contributed by atoms with Gasteiger partial charge in [0.05, 0.1) is 12.1 Å². The number of nitrogens with two attached hydrogens (primary N) is 1. The van der Waals surface area contributed by atoms with Crippen molar-refractivity contribution in [3.05, 3.63) is 35.9 Å². The maximum atomic E-state index is 12.6. The second kappa shape index (κ2) is 8.75. The van der Waals surface area contributed by atoms with E-state index in [-0.39, 0.29) is 18.0 Å². The topological polar surface area (TPSA) is 46.3 Å². The highest BCUT2D eigenvalue weighted by molar-refractivity contribution is 5.82. The van der Waals surface area contributed by atoms with Crippen molar-refractivity contribution in [1.82, 2.24) is 4.90 Å². The van der Waals surface area contributed by atoms with E-state index in [4.69, 9.17) is 5.73 Å². The molecule has 0 radical (unpaired) electrons. The number of nitrogens with zero attached hydrogens (tertiary/aromatic N) is 1. The van der Waals surface area contributed by atoms with Crippen LogP contribution in [0.4, 0.5) is 0 Å². The first-order chi connectivity index (χ1) is 9.61. The average Bonchev–Trinajstić information content (AvgIpc) is 2.48. The molecule has 3 heteroatoms. The number of amides is 1. The number of hydrogen-bond acceptors (Lipinski definition) is 2. The van der Waals surface area contributed by atoms with Gasteiger partial charge in [-0.15, -0.1) is 0 Å². The summed E-state index contributed by atoms with van der Waals surface area (Å²) < 4.78 is 0. The maximum absolute atomic E-state index is 12.6. The minimum atomic E-state index is -0.372. The van der Waals surface area contributed by atoms with E-state index in [1.54, 1.807) is 0 Å². The van der Waals surface area contributed by atoms with Crippen LogP contribution < -0.4 is 5.73 Å². The molecule has 20 heavy (non-hydrogen) atoms. The number of rotatable bonds is 8. The Kier molecular flexibility index (Phi) is 7.31. The summed E-state index contributed by atoms with van der Waals surface area (Å²) in [5.74, 6) is 0.0802. The SMILES string of the molecule is CCCCN(C(=O)C(N)CCC)C(C)c1ccccc1. The number of carbonyl (C=O) groups is 1. The fourth-order valence-corrected chi connectivity index (χ4v) is 2.38.